The summed E-state index contributed by atoms with van der Waals surface area (Å²) in [5, 5.41) is 0. The third kappa shape index (κ3) is 3.34. The first-order valence-electron chi connectivity index (χ1n) is 7.63. The Morgan fingerprint density at radius 3 is 2.95 bits per heavy atom. The number of rotatable bonds is 3. The van der Waals surface area contributed by atoms with E-state index >= 15 is 0 Å². The van der Waals surface area contributed by atoms with Crippen LogP contribution in [0, 0.1) is 5.92 Å². The molecule has 4 heteroatoms. The molecule has 0 aromatic rings. The molecule has 0 saturated carbocycles. The highest BCUT2D eigenvalue weighted by Crippen LogP contribution is 2.41. The van der Waals surface area contributed by atoms with Crippen LogP contribution in [0.1, 0.15) is 44.9 Å². The van der Waals surface area contributed by atoms with Crippen molar-refractivity contribution in [2.45, 2.75) is 56.7 Å². The van der Waals surface area contributed by atoms with Crippen molar-refractivity contribution in [3.8, 4) is 0 Å². The highest BCUT2D eigenvalue weighted by molar-refractivity contribution is 7.99. The predicted molar refractivity (Wildman–Crippen MR) is 76.6 cm³/mol. The Balaban J connectivity index is 1.54. The number of ketones is 1. The minimum Gasteiger partial charge on any atom is -0.378 e. The molecule has 3 atom stereocenters. The third-order valence-electron chi connectivity index (χ3n) is 4.72. The number of thioether (sulfide) groups is 1. The zero-order valence-electron chi connectivity index (χ0n) is 11.6. The van der Waals surface area contributed by atoms with Crippen LogP contribution < -0.4 is 0 Å². The molecule has 108 valence electrons. The van der Waals surface area contributed by atoms with Crippen molar-refractivity contribution in [1.29, 1.82) is 0 Å². The van der Waals surface area contributed by atoms with E-state index in [0.29, 0.717) is 12.2 Å². The minimum absolute atomic E-state index is 0.0245. The Bertz CT molecular complexity index is 319. The Hall–Kier alpha value is -0.0600. The van der Waals surface area contributed by atoms with E-state index < -0.39 is 0 Å². The van der Waals surface area contributed by atoms with Crippen molar-refractivity contribution in [3.63, 3.8) is 0 Å². The zero-order chi connectivity index (χ0) is 13.1. The van der Waals surface area contributed by atoms with Crippen molar-refractivity contribution < 1.29 is 14.3 Å². The lowest BCUT2D eigenvalue weighted by atomic mass is 9.81. The van der Waals surface area contributed by atoms with E-state index in [0.717, 1.165) is 51.1 Å². The first-order chi connectivity index (χ1) is 9.27. The number of hydrogen-bond acceptors (Lipinski definition) is 4. The van der Waals surface area contributed by atoms with Gasteiger partial charge in [0.05, 0.1) is 11.7 Å². The SMILES string of the molecule is O=C(CC1CCCCO1)C1CCOC2(CCSC2)C1. The molecule has 3 fully saturated rings. The van der Waals surface area contributed by atoms with Gasteiger partial charge in [-0.05, 0) is 44.3 Å². The van der Waals surface area contributed by atoms with Crippen LogP contribution in [0.5, 0.6) is 0 Å². The van der Waals surface area contributed by atoms with Crippen molar-refractivity contribution >= 4 is 17.5 Å². The summed E-state index contributed by atoms with van der Waals surface area (Å²) in [6.07, 6.45) is 7.25. The fourth-order valence-corrected chi connectivity index (χ4v) is 4.90. The largest absolute Gasteiger partial charge is 0.378 e. The average molecular weight is 284 g/mol. The summed E-state index contributed by atoms with van der Waals surface area (Å²) in [6, 6.07) is 0. The number of hydrogen-bond donors (Lipinski definition) is 0. The molecule has 3 nitrogen and oxygen atoms in total. The number of Topliss-reactive ketones (excluding diaryl/α,β-unsaturated/α-hetero) is 1. The summed E-state index contributed by atoms with van der Waals surface area (Å²) in [5.41, 5.74) is 0.0245. The van der Waals surface area contributed by atoms with Crippen LogP contribution in [0.15, 0.2) is 0 Å². The molecule has 0 bridgehead atoms. The van der Waals surface area contributed by atoms with Crippen molar-refractivity contribution in [1.82, 2.24) is 0 Å². The van der Waals surface area contributed by atoms with Gasteiger partial charge >= 0.3 is 0 Å². The van der Waals surface area contributed by atoms with E-state index in [2.05, 4.69) is 0 Å². The molecular weight excluding hydrogens is 260 g/mol. The van der Waals surface area contributed by atoms with Crippen molar-refractivity contribution in [3.05, 3.63) is 0 Å². The van der Waals surface area contributed by atoms with Gasteiger partial charge in [-0.15, -0.1) is 0 Å². The quantitative estimate of drug-likeness (QED) is 0.798. The third-order valence-corrected chi connectivity index (χ3v) is 5.94. The Kier molecular flexibility index (Phi) is 4.50. The monoisotopic (exact) mass is 284 g/mol. The lowest BCUT2D eigenvalue weighted by Gasteiger charge is -2.37. The van der Waals surface area contributed by atoms with Crippen LogP contribution in [-0.2, 0) is 14.3 Å². The molecule has 19 heavy (non-hydrogen) atoms. The van der Waals surface area contributed by atoms with Crippen LogP contribution in [0.2, 0.25) is 0 Å². The van der Waals surface area contributed by atoms with Gasteiger partial charge in [0.2, 0.25) is 0 Å². The normalized spacial score (nSPS) is 39.6. The number of ether oxygens (including phenoxy) is 2. The molecule has 3 rings (SSSR count). The topological polar surface area (TPSA) is 35.5 Å². The molecule has 0 aliphatic carbocycles. The standard InChI is InChI=1S/C15H24O3S/c16-14(9-13-3-1-2-6-17-13)12-4-7-18-15(10-12)5-8-19-11-15/h12-13H,1-11H2. The predicted octanol–water partition coefficient (Wildman–Crippen LogP) is 2.82. The van der Waals surface area contributed by atoms with E-state index in [1.54, 1.807) is 0 Å². The van der Waals surface area contributed by atoms with Gasteiger partial charge < -0.3 is 9.47 Å². The summed E-state index contributed by atoms with van der Waals surface area (Å²) in [7, 11) is 0. The molecular formula is C15H24O3S. The van der Waals surface area contributed by atoms with Gasteiger partial charge in [-0.1, -0.05) is 0 Å². The minimum atomic E-state index is 0.0245. The van der Waals surface area contributed by atoms with Gasteiger partial charge in [-0.25, -0.2) is 0 Å². The second-order valence-electron chi connectivity index (χ2n) is 6.18. The first kappa shape index (κ1) is 13.9. The van der Waals surface area contributed by atoms with E-state index in [-0.39, 0.29) is 17.6 Å². The lowest BCUT2D eigenvalue weighted by molar-refractivity contribution is -0.137. The van der Waals surface area contributed by atoms with Gasteiger partial charge in [-0.2, -0.15) is 11.8 Å². The smallest absolute Gasteiger partial charge is 0.138 e. The zero-order valence-corrected chi connectivity index (χ0v) is 12.4. The highest BCUT2D eigenvalue weighted by atomic mass is 32.2. The maximum atomic E-state index is 12.5. The fraction of sp³-hybridized carbons (Fsp3) is 0.933. The molecule has 0 amide bonds. The van der Waals surface area contributed by atoms with Gasteiger partial charge in [0.1, 0.15) is 5.78 Å². The Morgan fingerprint density at radius 1 is 1.26 bits per heavy atom. The summed E-state index contributed by atoms with van der Waals surface area (Å²) in [6.45, 7) is 1.61. The van der Waals surface area contributed by atoms with Crippen LogP contribution in [0.4, 0.5) is 0 Å². The fourth-order valence-electron chi connectivity index (χ4n) is 3.53. The molecule has 0 N–H and O–H groups in total. The molecule has 3 aliphatic rings. The van der Waals surface area contributed by atoms with Gasteiger partial charge in [0.25, 0.3) is 0 Å². The Morgan fingerprint density at radius 2 is 2.21 bits per heavy atom. The summed E-state index contributed by atoms with van der Waals surface area (Å²) in [4.78, 5) is 12.5. The van der Waals surface area contributed by atoms with Gasteiger partial charge in [0, 0.05) is 31.3 Å². The molecule has 3 saturated heterocycles. The van der Waals surface area contributed by atoms with Gasteiger partial charge in [0.15, 0.2) is 0 Å². The maximum absolute atomic E-state index is 12.5. The van der Waals surface area contributed by atoms with E-state index in [1.807, 2.05) is 11.8 Å². The molecule has 3 aliphatic heterocycles. The van der Waals surface area contributed by atoms with E-state index in [9.17, 15) is 4.79 Å². The molecule has 0 aromatic heterocycles. The molecule has 1 spiro atoms. The van der Waals surface area contributed by atoms with Crippen LogP contribution in [0.3, 0.4) is 0 Å². The highest BCUT2D eigenvalue weighted by Gasteiger charge is 2.42. The van der Waals surface area contributed by atoms with Crippen LogP contribution in [0.25, 0.3) is 0 Å². The van der Waals surface area contributed by atoms with Crippen LogP contribution >= 0.6 is 11.8 Å². The second kappa shape index (κ2) is 6.15. The van der Waals surface area contributed by atoms with Crippen molar-refractivity contribution in [2.75, 3.05) is 24.7 Å². The van der Waals surface area contributed by atoms with E-state index in [1.165, 1.54) is 12.2 Å². The van der Waals surface area contributed by atoms with Crippen molar-refractivity contribution in [2.24, 2.45) is 5.92 Å². The average Bonchev–Trinajstić information content (AvgIpc) is 2.88. The second-order valence-corrected chi connectivity index (χ2v) is 7.29. The summed E-state index contributed by atoms with van der Waals surface area (Å²) < 4.78 is 11.7. The molecule has 0 aromatic carbocycles. The number of carbonyl (C=O) groups is 1. The van der Waals surface area contributed by atoms with Gasteiger partial charge in [-0.3, -0.25) is 4.79 Å². The first-order valence-corrected chi connectivity index (χ1v) is 8.79. The number of carbonyl (C=O) groups excluding carboxylic acids is 1. The maximum Gasteiger partial charge on any atom is 0.138 e. The summed E-state index contributed by atoms with van der Waals surface area (Å²) in [5.74, 6) is 2.91. The molecule has 3 heterocycles. The molecule has 0 radical (unpaired) electrons. The Labute approximate surface area is 119 Å². The van der Waals surface area contributed by atoms with Crippen LogP contribution in [-0.4, -0.2) is 42.2 Å². The molecule has 3 unspecified atom stereocenters. The lowest BCUT2D eigenvalue weighted by Crippen LogP contribution is -2.42. The summed E-state index contributed by atoms with van der Waals surface area (Å²) >= 11 is 1.97. The van der Waals surface area contributed by atoms with E-state index in [4.69, 9.17) is 9.47 Å².